The van der Waals surface area contributed by atoms with Gasteiger partial charge in [0.15, 0.2) is 5.67 Å². The predicted molar refractivity (Wildman–Crippen MR) is 81.8 cm³/mol. The Hall–Kier alpha value is -1.59. The van der Waals surface area contributed by atoms with Gasteiger partial charge in [0.05, 0.1) is 0 Å². The largest absolute Gasteiger partial charge is 0.233 e. The molecule has 0 aliphatic heterocycles. The first kappa shape index (κ1) is 15.5. The third-order valence-corrected chi connectivity index (χ3v) is 3.70. The van der Waals surface area contributed by atoms with Crippen molar-refractivity contribution in [2.45, 2.75) is 46.7 Å². The molecule has 0 aromatic heterocycles. The summed E-state index contributed by atoms with van der Waals surface area (Å²) in [4.78, 5) is 0. The van der Waals surface area contributed by atoms with Gasteiger partial charge in [0.25, 0.3) is 0 Å². The number of alkyl halides is 1. The van der Waals surface area contributed by atoms with Gasteiger partial charge in [-0.1, -0.05) is 31.2 Å². The molecule has 0 aromatic rings. The molecular formula is C18H23F. The van der Waals surface area contributed by atoms with Crippen LogP contribution < -0.4 is 0 Å². The fraction of sp³-hybridized carbons (Fsp3) is 0.389. The fourth-order valence-corrected chi connectivity index (χ4v) is 2.02. The van der Waals surface area contributed by atoms with E-state index in [-0.39, 0.29) is 0 Å². The zero-order valence-corrected chi connectivity index (χ0v) is 12.6. The molecule has 1 unspecified atom stereocenters. The van der Waals surface area contributed by atoms with Crippen molar-refractivity contribution in [3.8, 4) is 0 Å². The minimum Gasteiger partial charge on any atom is -0.233 e. The lowest BCUT2D eigenvalue weighted by Crippen LogP contribution is -2.27. The first-order valence-electron chi connectivity index (χ1n) is 6.67. The molecule has 1 rings (SSSR count). The fourth-order valence-electron chi connectivity index (χ4n) is 2.02. The molecule has 1 aliphatic carbocycles. The van der Waals surface area contributed by atoms with Gasteiger partial charge in [-0.15, -0.1) is 5.73 Å². The highest BCUT2D eigenvalue weighted by atomic mass is 19.1. The molecule has 19 heavy (non-hydrogen) atoms. The average molecular weight is 258 g/mol. The summed E-state index contributed by atoms with van der Waals surface area (Å²) in [5.74, 6) is 0. The molecule has 102 valence electrons. The molecule has 0 amide bonds. The smallest absolute Gasteiger partial charge is 0.161 e. The van der Waals surface area contributed by atoms with Gasteiger partial charge in [-0.25, -0.2) is 4.39 Å². The van der Waals surface area contributed by atoms with Crippen molar-refractivity contribution in [2.24, 2.45) is 0 Å². The van der Waals surface area contributed by atoms with E-state index in [1.54, 1.807) is 6.08 Å². The molecule has 1 heteroatoms. The van der Waals surface area contributed by atoms with Crippen molar-refractivity contribution in [3.63, 3.8) is 0 Å². The molecule has 0 heterocycles. The Morgan fingerprint density at radius 1 is 1.26 bits per heavy atom. The predicted octanol–water partition coefficient (Wildman–Crippen LogP) is 5.61. The summed E-state index contributed by atoms with van der Waals surface area (Å²) in [7, 11) is 0. The van der Waals surface area contributed by atoms with Crippen LogP contribution in [0.25, 0.3) is 0 Å². The minimum absolute atomic E-state index is 0.368. The Labute approximate surface area is 116 Å². The molecule has 0 saturated heterocycles. The highest BCUT2D eigenvalue weighted by Gasteiger charge is 2.35. The molecule has 0 aromatic carbocycles. The summed E-state index contributed by atoms with van der Waals surface area (Å²) in [6, 6.07) is 0. The lowest BCUT2D eigenvalue weighted by Gasteiger charge is -2.28. The van der Waals surface area contributed by atoms with E-state index in [0.717, 1.165) is 16.7 Å². The highest BCUT2D eigenvalue weighted by molar-refractivity contribution is 5.50. The van der Waals surface area contributed by atoms with Crippen molar-refractivity contribution in [2.75, 3.05) is 0 Å². The Balaban J connectivity index is 3.31. The van der Waals surface area contributed by atoms with E-state index in [1.807, 2.05) is 52.8 Å². The second-order valence-corrected chi connectivity index (χ2v) is 5.25. The maximum atomic E-state index is 15.4. The Bertz CT molecular complexity index is 530. The second kappa shape index (κ2) is 6.04. The van der Waals surface area contributed by atoms with Gasteiger partial charge in [-0.05, 0) is 63.0 Å². The van der Waals surface area contributed by atoms with E-state index >= 15 is 4.39 Å². The molecule has 1 aliphatic rings. The van der Waals surface area contributed by atoms with Gasteiger partial charge < -0.3 is 0 Å². The summed E-state index contributed by atoms with van der Waals surface area (Å²) in [6.07, 6.45) is 7.70. The van der Waals surface area contributed by atoms with Crippen molar-refractivity contribution < 1.29 is 4.39 Å². The van der Waals surface area contributed by atoms with Crippen LogP contribution in [-0.4, -0.2) is 5.67 Å². The lowest BCUT2D eigenvalue weighted by atomic mass is 9.81. The van der Waals surface area contributed by atoms with Crippen molar-refractivity contribution in [1.29, 1.82) is 0 Å². The van der Waals surface area contributed by atoms with Crippen LogP contribution in [0.5, 0.6) is 0 Å². The van der Waals surface area contributed by atoms with Gasteiger partial charge in [-0.3, -0.25) is 0 Å². The van der Waals surface area contributed by atoms with Crippen molar-refractivity contribution >= 4 is 0 Å². The third-order valence-electron chi connectivity index (χ3n) is 3.70. The zero-order valence-electron chi connectivity index (χ0n) is 12.6. The van der Waals surface area contributed by atoms with Crippen LogP contribution in [-0.2, 0) is 0 Å². The van der Waals surface area contributed by atoms with Crippen LogP contribution in [0.2, 0.25) is 0 Å². The Morgan fingerprint density at radius 3 is 2.42 bits per heavy atom. The monoisotopic (exact) mass is 258 g/mol. The number of rotatable bonds is 4. The Morgan fingerprint density at radius 2 is 1.89 bits per heavy atom. The van der Waals surface area contributed by atoms with Crippen LogP contribution in [0.15, 0.2) is 64.5 Å². The van der Waals surface area contributed by atoms with Crippen LogP contribution in [0.4, 0.5) is 4.39 Å². The average Bonchev–Trinajstić information content (AvgIpc) is 2.61. The molecule has 0 nitrogen and oxygen atoms in total. The summed E-state index contributed by atoms with van der Waals surface area (Å²) >= 11 is 0. The van der Waals surface area contributed by atoms with Gasteiger partial charge in [0.1, 0.15) is 0 Å². The Kier molecular flexibility index (Phi) is 4.91. The van der Waals surface area contributed by atoms with Crippen molar-refractivity contribution in [3.05, 3.63) is 64.5 Å². The normalized spacial score (nSPS) is 17.2. The number of halogens is 1. The summed E-state index contributed by atoms with van der Waals surface area (Å²) < 4.78 is 15.4. The van der Waals surface area contributed by atoms with E-state index < -0.39 is 5.67 Å². The molecule has 1 atom stereocenters. The molecule has 0 fully saturated rings. The standard InChI is InChI=1S/C18H23F/c1-7-18(19,16(6)15(5)13(2)3)17-10-8-9-14(4)11-12-17/h9-12H,6-7H2,1-5H3. The van der Waals surface area contributed by atoms with E-state index in [9.17, 15) is 0 Å². The zero-order chi connectivity index (χ0) is 14.6. The summed E-state index contributed by atoms with van der Waals surface area (Å²) in [5.41, 5.74) is 5.77. The molecule has 0 bridgehead atoms. The quantitative estimate of drug-likeness (QED) is 0.454. The van der Waals surface area contributed by atoms with Gasteiger partial charge in [0.2, 0.25) is 0 Å². The first-order valence-corrected chi connectivity index (χ1v) is 6.67. The number of allylic oxidation sites excluding steroid dienone is 8. The van der Waals surface area contributed by atoms with Gasteiger partial charge in [-0.2, -0.15) is 0 Å². The molecular weight excluding hydrogens is 235 g/mol. The highest BCUT2D eigenvalue weighted by Crippen LogP contribution is 2.38. The molecule has 0 radical (unpaired) electrons. The SMILES string of the molecule is C=C(C(C)=C(C)C)C(F)(CC)C1=CC=C(C)C=C=C1. The maximum absolute atomic E-state index is 15.4. The second-order valence-electron chi connectivity index (χ2n) is 5.25. The van der Waals surface area contributed by atoms with Crippen LogP contribution in [0, 0.1) is 0 Å². The van der Waals surface area contributed by atoms with Gasteiger partial charge in [0, 0.05) is 5.57 Å². The van der Waals surface area contributed by atoms with Crippen LogP contribution in [0.1, 0.15) is 41.0 Å². The number of hydrogen-bond donors (Lipinski definition) is 0. The van der Waals surface area contributed by atoms with Crippen LogP contribution >= 0.6 is 0 Å². The van der Waals surface area contributed by atoms with E-state index in [1.165, 1.54) is 0 Å². The third kappa shape index (κ3) is 3.24. The molecule has 0 spiro atoms. The molecule has 0 saturated carbocycles. The topological polar surface area (TPSA) is 0 Å². The van der Waals surface area contributed by atoms with Gasteiger partial charge >= 0.3 is 0 Å². The maximum Gasteiger partial charge on any atom is 0.161 e. The summed E-state index contributed by atoms with van der Waals surface area (Å²) in [6.45, 7) is 13.7. The number of hydrogen-bond acceptors (Lipinski definition) is 0. The minimum atomic E-state index is -1.52. The van der Waals surface area contributed by atoms with E-state index in [2.05, 4.69) is 12.3 Å². The van der Waals surface area contributed by atoms with E-state index in [4.69, 9.17) is 0 Å². The first-order chi connectivity index (χ1) is 8.82. The molecule has 0 N–H and O–H groups in total. The summed E-state index contributed by atoms with van der Waals surface area (Å²) in [5, 5.41) is 0. The van der Waals surface area contributed by atoms with Crippen molar-refractivity contribution in [1.82, 2.24) is 0 Å². The lowest BCUT2D eigenvalue weighted by molar-refractivity contribution is 0.263. The van der Waals surface area contributed by atoms with E-state index in [0.29, 0.717) is 17.6 Å². The van der Waals surface area contributed by atoms with Crippen LogP contribution in [0.3, 0.4) is 0 Å².